The molecule has 17 heavy (non-hydrogen) atoms. The minimum absolute atomic E-state index is 0.0840. The van der Waals surface area contributed by atoms with Crippen molar-refractivity contribution in [2.45, 2.75) is 25.4 Å². The fourth-order valence-electron chi connectivity index (χ4n) is 1.90. The molecule has 5 heteroatoms. The van der Waals surface area contributed by atoms with Crippen LogP contribution in [0.2, 0.25) is 5.02 Å². The molecule has 0 spiro atoms. The number of benzene rings is 1. The summed E-state index contributed by atoms with van der Waals surface area (Å²) < 4.78 is 13.4. The van der Waals surface area contributed by atoms with Gasteiger partial charge in [0.15, 0.2) is 0 Å². The number of hydrogen-bond donors (Lipinski definition) is 2. The SMILES string of the molecule is O=C1CCC(CNCc2c(F)cccc2Cl)N1. The zero-order valence-electron chi connectivity index (χ0n) is 9.30. The molecule has 92 valence electrons. The minimum atomic E-state index is -0.305. The lowest BCUT2D eigenvalue weighted by atomic mass is 10.2. The Labute approximate surface area is 104 Å². The fourth-order valence-corrected chi connectivity index (χ4v) is 2.13. The molecule has 1 aromatic carbocycles. The third kappa shape index (κ3) is 3.17. The van der Waals surface area contributed by atoms with Gasteiger partial charge >= 0.3 is 0 Å². The van der Waals surface area contributed by atoms with Crippen LogP contribution in [-0.2, 0) is 11.3 Å². The first kappa shape index (κ1) is 12.3. The molecule has 1 unspecified atom stereocenters. The molecule has 2 N–H and O–H groups in total. The maximum absolute atomic E-state index is 13.4. The van der Waals surface area contributed by atoms with Crippen molar-refractivity contribution >= 4 is 17.5 Å². The Morgan fingerprint density at radius 2 is 2.35 bits per heavy atom. The maximum atomic E-state index is 13.4. The highest BCUT2D eigenvalue weighted by Gasteiger charge is 2.20. The van der Waals surface area contributed by atoms with Crippen LogP contribution >= 0.6 is 11.6 Å². The summed E-state index contributed by atoms with van der Waals surface area (Å²) in [5.41, 5.74) is 0.471. The summed E-state index contributed by atoms with van der Waals surface area (Å²) in [6.45, 7) is 1.01. The van der Waals surface area contributed by atoms with E-state index in [2.05, 4.69) is 10.6 Å². The molecule has 1 heterocycles. The molecule has 1 atom stereocenters. The Kier molecular flexibility index (Phi) is 3.97. The third-order valence-electron chi connectivity index (χ3n) is 2.84. The zero-order valence-corrected chi connectivity index (χ0v) is 10.1. The van der Waals surface area contributed by atoms with Crippen molar-refractivity contribution in [2.75, 3.05) is 6.54 Å². The average Bonchev–Trinajstić information content (AvgIpc) is 2.69. The van der Waals surface area contributed by atoms with Crippen LogP contribution in [0.25, 0.3) is 0 Å². The van der Waals surface area contributed by atoms with Crippen LogP contribution in [0.1, 0.15) is 18.4 Å². The second-order valence-corrected chi connectivity index (χ2v) is 4.54. The average molecular weight is 257 g/mol. The van der Waals surface area contributed by atoms with E-state index in [1.807, 2.05) is 0 Å². The number of hydrogen-bond acceptors (Lipinski definition) is 2. The van der Waals surface area contributed by atoms with Crippen LogP contribution in [0, 0.1) is 5.82 Å². The third-order valence-corrected chi connectivity index (χ3v) is 3.19. The smallest absolute Gasteiger partial charge is 0.220 e. The van der Waals surface area contributed by atoms with Gasteiger partial charge in [0.1, 0.15) is 5.82 Å². The van der Waals surface area contributed by atoms with Crippen LogP contribution in [0.4, 0.5) is 4.39 Å². The van der Waals surface area contributed by atoms with Crippen molar-refractivity contribution in [3.8, 4) is 0 Å². The molecule has 0 aliphatic carbocycles. The van der Waals surface area contributed by atoms with E-state index < -0.39 is 0 Å². The topological polar surface area (TPSA) is 41.1 Å². The van der Waals surface area contributed by atoms with Crippen LogP contribution in [0.15, 0.2) is 18.2 Å². The van der Waals surface area contributed by atoms with Gasteiger partial charge in [-0.2, -0.15) is 0 Å². The number of nitrogens with one attached hydrogen (secondary N) is 2. The molecule has 0 bridgehead atoms. The van der Waals surface area contributed by atoms with Crippen molar-refractivity contribution in [3.63, 3.8) is 0 Å². The fraction of sp³-hybridized carbons (Fsp3) is 0.417. The molecule has 1 saturated heterocycles. The maximum Gasteiger partial charge on any atom is 0.220 e. The highest BCUT2D eigenvalue weighted by atomic mass is 35.5. The molecule has 2 rings (SSSR count). The van der Waals surface area contributed by atoms with E-state index in [0.717, 1.165) is 6.42 Å². The number of carbonyl (C=O) groups is 1. The Morgan fingerprint density at radius 3 is 3.00 bits per heavy atom. The van der Waals surface area contributed by atoms with Crippen molar-refractivity contribution in [1.82, 2.24) is 10.6 Å². The molecule has 1 amide bonds. The van der Waals surface area contributed by atoms with Crippen LogP contribution in [0.5, 0.6) is 0 Å². The second kappa shape index (κ2) is 5.47. The van der Waals surface area contributed by atoms with Gasteiger partial charge in [-0.05, 0) is 18.6 Å². The summed E-state index contributed by atoms with van der Waals surface area (Å²) in [6, 6.07) is 4.78. The predicted molar refractivity (Wildman–Crippen MR) is 64.3 cm³/mol. The van der Waals surface area contributed by atoms with Crippen molar-refractivity contribution in [1.29, 1.82) is 0 Å². The number of rotatable bonds is 4. The van der Waals surface area contributed by atoms with Gasteiger partial charge in [-0.15, -0.1) is 0 Å². The second-order valence-electron chi connectivity index (χ2n) is 4.13. The Hall–Kier alpha value is -1.13. The first-order valence-corrected chi connectivity index (χ1v) is 5.97. The molecular weight excluding hydrogens is 243 g/mol. The van der Waals surface area contributed by atoms with Gasteiger partial charge in [0.25, 0.3) is 0 Å². The molecule has 0 saturated carbocycles. The molecule has 3 nitrogen and oxygen atoms in total. The minimum Gasteiger partial charge on any atom is -0.352 e. The monoisotopic (exact) mass is 256 g/mol. The summed E-state index contributed by atoms with van der Waals surface area (Å²) in [4.78, 5) is 11.0. The largest absolute Gasteiger partial charge is 0.352 e. The Morgan fingerprint density at radius 1 is 1.53 bits per heavy atom. The first-order chi connectivity index (χ1) is 8.16. The number of amides is 1. The molecule has 0 radical (unpaired) electrons. The predicted octanol–water partition coefficient (Wildman–Crippen LogP) is 1.85. The van der Waals surface area contributed by atoms with E-state index in [4.69, 9.17) is 11.6 Å². The quantitative estimate of drug-likeness (QED) is 0.863. The van der Waals surface area contributed by atoms with E-state index in [9.17, 15) is 9.18 Å². The zero-order chi connectivity index (χ0) is 12.3. The van der Waals surface area contributed by atoms with E-state index in [-0.39, 0.29) is 17.8 Å². The number of halogens is 2. The van der Waals surface area contributed by atoms with Gasteiger partial charge in [-0.1, -0.05) is 17.7 Å². The van der Waals surface area contributed by atoms with Gasteiger partial charge in [0.2, 0.25) is 5.91 Å². The van der Waals surface area contributed by atoms with Gasteiger partial charge in [-0.3, -0.25) is 4.79 Å². The van der Waals surface area contributed by atoms with Gasteiger partial charge in [-0.25, -0.2) is 4.39 Å². The van der Waals surface area contributed by atoms with Gasteiger partial charge in [0, 0.05) is 36.1 Å². The van der Waals surface area contributed by atoms with E-state index in [1.165, 1.54) is 6.07 Å². The highest BCUT2D eigenvalue weighted by molar-refractivity contribution is 6.31. The molecular formula is C12H14ClFN2O. The van der Waals surface area contributed by atoms with Crippen molar-refractivity contribution in [2.24, 2.45) is 0 Å². The van der Waals surface area contributed by atoms with E-state index >= 15 is 0 Å². The summed E-state index contributed by atoms with van der Waals surface area (Å²) in [6.07, 6.45) is 1.41. The Bertz CT molecular complexity index is 405. The molecule has 1 aliphatic rings. The Balaban J connectivity index is 1.84. The van der Waals surface area contributed by atoms with Crippen molar-refractivity contribution < 1.29 is 9.18 Å². The van der Waals surface area contributed by atoms with Gasteiger partial charge in [0.05, 0.1) is 0 Å². The summed E-state index contributed by atoms with van der Waals surface area (Å²) >= 11 is 5.90. The lowest BCUT2D eigenvalue weighted by molar-refractivity contribution is -0.119. The highest BCUT2D eigenvalue weighted by Crippen LogP contribution is 2.18. The molecule has 1 aromatic rings. The number of carbonyl (C=O) groups excluding carboxylic acids is 1. The van der Waals surface area contributed by atoms with Crippen LogP contribution in [0.3, 0.4) is 0 Å². The van der Waals surface area contributed by atoms with Crippen molar-refractivity contribution in [3.05, 3.63) is 34.6 Å². The lowest BCUT2D eigenvalue weighted by Crippen LogP contribution is -2.35. The first-order valence-electron chi connectivity index (χ1n) is 5.60. The van der Waals surface area contributed by atoms with Gasteiger partial charge < -0.3 is 10.6 Å². The molecule has 1 aliphatic heterocycles. The standard InChI is InChI=1S/C12H14ClFN2O/c13-10-2-1-3-11(14)9(10)7-15-6-8-4-5-12(17)16-8/h1-3,8,15H,4-7H2,(H,16,17). The molecule has 1 fully saturated rings. The molecule has 0 aromatic heterocycles. The summed E-state index contributed by atoms with van der Waals surface area (Å²) in [5, 5.41) is 6.37. The van der Waals surface area contributed by atoms with Crippen LogP contribution < -0.4 is 10.6 Å². The summed E-state index contributed by atoms with van der Waals surface area (Å²) in [5.74, 6) is -0.221. The van der Waals surface area contributed by atoms with Crippen LogP contribution in [-0.4, -0.2) is 18.5 Å². The van der Waals surface area contributed by atoms with E-state index in [0.29, 0.717) is 30.1 Å². The summed E-state index contributed by atoms with van der Waals surface area (Å²) in [7, 11) is 0. The normalized spacial score (nSPS) is 19.4. The lowest BCUT2D eigenvalue weighted by Gasteiger charge is -2.12. The van der Waals surface area contributed by atoms with E-state index in [1.54, 1.807) is 12.1 Å².